The molecule has 5 nitrogen and oxygen atoms in total. The number of imidazole rings is 1. The van der Waals surface area contributed by atoms with Gasteiger partial charge in [0, 0.05) is 17.5 Å². The highest BCUT2D eigenvalue weighted by Gasteiger charge is 2.09. The fourth-order valence-corrected chi connectivity index (χ4v) is 3.35. The van der Waals surface area contributed by atoms with Gasteiger partial charge in [-0.3, -0.25) is 4.79 Å². The van der Waals surface area contributed by atoms with Gasteiger partial charge in [0.1, 0.15) is 0 Å². The van der Waals surface area contributed by atoms with E-state index in [2.05, 4.69) is 23.7 Å². The Balaban J connectivity index is 1.70. The van der Waals surface area contributed by atoms with E-state index in [-0.39, 0.29) is 5.78 Å². The summed E-state index contributed by atoms with van der Waals surface area (Å²) >= 11 is 0. The van der Waals surface area contributed by atoms with E-state index < -0.39 is 0 Å². The van der Waals surface area contributed by atoms with Crippen molar-refractivity contribution in [1.29, 1.82) is 0 Å². The Hall–Kier alpha value is -3.99. The summed E-state index contributed by atoms with van der Waals surface area (Å²) in [7, 11) is 0. The summed E-state index contributed by atoms with van der Waals surface area (Å²) in [5, 5.41) is 6.77. The van der Waals surface area contributed by atoms with Crippen LogP contribution in [-0.2, 0) is 6.42 Å². The quantitative estimate of drug-likeness (QED) is 0.528. The molecule has 0 fully saturated rings. The second-order valence-corrected chi connectivity index (χ2v) is 7.13. The van der Waals surface area contributed by atoms with Crippen LogP contribution < -0.4 is 16.2 Å². The van der Waals surface area contributed by atoms with E-state index in [0.29, 0.717) is 12.0 Å². The summed E-state index contributed by atoms with van der Waals surface area (Å²) in [6.45, 7) is 5.63. The number of carbonyl (C=O) groups is 1. The van der Waals surface area contributed by atoms with Crippen molar-refractivity contribution in [2.45, 2.75) is 13.3 Å². The molecule has 5 heteroatoms. The van der Waals surface area contributed by atoms with Gasteiger partial charge in [0.15, 0.2) is 11.4 Å². The van der Waals surface area contributed by atoms with Gasteiger partial charge in [0.2, 0.25) is 0 Å². The van der Waals surface area contributed by atoms with E-state index in [9.17, 15) is 4.79 Å². The van der Waals surface area contributed by atoms with E-state index >= 15 is 0 Å². The molecule has 0 aliphatic rings. The summed E-state index contributed by atoms with van der Waals surface area (Å²) < 4.78 is 1.87. The normalized spacial score (nSPS) is 12.1. The molecule has 4 rings (SSSR count). The van der Waals surface area contributed by atoms with Crippen molar-refractivity contribution in [3.05, 3.63) is 100 Å². The first-order chi connectivity index (χ1) is 14.5. The largest absolute Gasteiger partial charge is 0.405 e. The second-order valence-electron chi connectivity index (χ2n) is 7.13. The Morgan fingerprint density at radius 3 is 2.67 bits per heavy atom. The summed E-state index contributed by atoms with van der Waals surface area (Å²) in [5.41, 5.74) is 10.8. The predicted octanol–water partition coefficient (Wildman–Crippen LogP) is 2.85. The molecule has 0 aliphatic carbocycles. The van der Waals surface area contributed by atoms with Gasteiger partial charge < -0.3 is 5.73 Å². The number of Topliss-reactive ketones (excluding diaryl/α,β-unsaturated/α-hetero) is 1. The first kappa shape index (κ1) is 19.3. The van der Waals surface area contributed by atoms with Gasteiger partial charge in [0.05, 0.1) is 17.6 Å². The lowest BCUT2D eigenvalue weighted by Crippen LogP contribution is -2.23. The number of nitrogens with two attached hydrogens (primary N) is 1. The minimum absolute atomic E-state index is 0.0497. The van der Waals surface area contributed by atoms with Crippen molar-refractivity contribution < 1.29 is 4.79 Å². The number of hydrogen-bond acceptors (Lipinski definition) is 4. The standard InChI is InChI=1S/C25H22N4O/c1-17-5-6-19(14-22(17)4-3-13-26)15-23-16-27-25-12-11-24(28-29(23)25)21-9-7-20(8-10-21)18(2)30/h3-14,16H,1,15,26H2,2H3/b13-3-,22-4-. The van der Waals surface area contributed by atoms with Crippen LogP contribution in [0.1, 0.15) is 28.5 Å². The van der Waals surface area contributed by atoms with Crippen LogP contribution in [0.3, 0.4) is 0 Å². The van der Waals surface area contributed by atoms with Crippen LogP contribution in [0.15, 0.2) is 73.1 Å². The van der Waals surface area contributed by atoms with Gasteiger partial charge in [-0.15, -0.1) is 0 Å². The molecule has 30 heavy (non-hydrogen) atoms. The highest BCUT2D eigenvalue weighted by Crippen LogP contribution is 2.19. The van der Waals surface area contributed by atoms with Crippen LogP contribution >= 0.6 is 0 Å². The molecule has 0 saturated heterocycles. The fraction of sp³-hybridized carbons (Fsp3) is 0.0800. The Morgan fingerprint density at radius 1 is 1.13 bits per heavy atom. The SMILES string of the molecule is C=c1ccc(Cc2cnc3ccc(-c4ccc(C(C)=O)cc4)nn23)c/c1=C/C=C\N. The number of carbonyl (C=O) groups excluding carboxylic acids is 1. The van der Waals surface area contributed by atoms with Crippen molar-refractivity contribution in [1.82, 2.24) is 14.6 Å². The van der Waals surface area contributed by atoms with Crippen molar-refractivity contribution in [2.24, 2.45) is 5.73 Å². The molecule has 0 unspecified atom stereocenters. The molecule has 0 saturated carbocycles. The van der Waals surface area contributed by atoms with E-state index in [1.54, 1.807) is 13.0 Å². The highest BCUT2D eigenvalue weighted by molar-refractivity contribution is 5.94. The smallest absolute Gasteiger partial charge is 0.159 e. The van der Waals surface area contributed by atoms with Crippen LogP contribution in [0.5, 0.6) is 0 Å². The summed E-state index contributed by atoms with van der Waals surface area (Å²) in [5.74, 6) is 0.0497. The maximum atomic E-state index is 11.5. The molecule has 0 amide bonds. The number of nitrogens with zero attached hydrogens (tertiary/aromatic N) is 3. The average molecular weight is 394 g/mol. The zero-order valence-corrected chi connectivity index (χ0v) is 16.7. The van der Waals surface area contributed by atoms with Gasteiger partial charge in [-0.05, 0) is 47.3 Å². The van der Waals surface area contributed by atoms with E-state index in [4.69, 9.17) is 10.8 Å². The molecule has 4 aromatic rings. The van der Waals surface area contributed by atoms with Gasteiger partial charge in [-0.2, -0.15) is 5.10 Å². The van der Waals surface area contributed by atoms with Crippen LogP contribution in [0.4, 0.5) is 0 Å². The maximum Gasteiger partial charge on any atom is 0.159 e. The van der Waals surface area contributed by atoms with Crippen molar-refractivity contribution in [3.8, 4) is 11.3 Å². The topological polar surface area (TPSA) is 73.3 Å². The third-order valence-electron chi connectivity index (χ3n) is 5.00. The van der Waals surface area contributed by atoms with Gasteiger partial charge in [0.25, 0.3) is 0 Å². The maximum absolute atomic E-state index is 11.5. The molecule has 0 aliphatic heterocycles. The minimum Gasteiger partial charge on any atom is -0.405 e. The molecule has 2 aromatic heterocycles. The van der Waals surface area contributed by atoms with Crippen LogP contribution in [0.25, 0.3) is 29.6 Å². The number of rotatable bonds is 5. The number of allylic oxidation sites excluding steroid dienone is 1. The summed E-state index contributed by atoms with van der Waals surface area (Å²) in [6, 6.07) is 17.6. The third-order valence-corrected chi connectivity index (χ3v) is 5.00. The molecule has 0 bridgehead atoms. The molecule has 2 heterocycles. The van der Waals surface area contributed by atoms with E-state index in [1.807, 2.05) is 59.3 Å². The number of benzene rings is 2. The summed E-state index contributed by atoms with van der Waals surface area (Å²) in [4.78, 5) is 16.0. The predicted molar refractivity (Wildman–Crippen MR) is 120 cm³/mol. The van der Waals surface area contributed by atoms with Crippen molar-refractivity contribution in [3.63, 3.8) is 0 Å². The lowest BCUT2D eigenvalue weighted by molar-refractivity contribution is 0.101. The fourth-order valence-electron chi connectivity index (χ4n) is 3.35. The molecule has 0 radical (unpaired) electrons. The number of aromatic nitrogens is 3. The second kappa shape index (κ2) is 8.17. The van der Waals surface area contributed by atoms with Crippen LogP contribution in [-0.4, -0.2) is 20.4 Å². The molecular weight excluding hydrogens is 372 g/mol. The number of ketones is 1. The van der Waals surface area contributed by atoms with Gasteiger partial charge in [-0.25, -0.2) is 9.50 Å². The Labute approximate surface area is 174 Å². The molecule has 0 spiro atoms. The third kappa shape index (κ3) is 3.91. The lowest BCUT2D eigenvalue weighted by atomic mass is 10.1. The monoisotopic (exact) mass is 394 g/mol. The zero-order valence-electron chi connectivity index (χ0n) is 16.7. The Kier molecular flexibility index (Phi) is 5.26. The average Bonchev–Trinajstić information content (AvgIpc) is 3.16. The van der Waals surface area contributed by atoms with Gasteiger partial charge >= 0.3 is 0 Å². The summed E-state index contributed by atoms with van der Waals surface area (Å²) in [6.07, 6.45) is 7.79. The molecule has 148 valence electrons. The highest BCUT2D eigenvalue weighted by atomic mass is 16.1. The van der Waals surface area contributed by atoms with E-state index in [0.717, 1.165) is 38.6 Å². The molecule has 2 N–H and O–H groups in total. The zero-order chi connectivity index (χ0) is 21.1. The first-order valence-electron chi connectivity index (χ1n) is 9.66. The lowest BCUT2D eigenvalue weighted by Gasteiger charge is -2.06. The van der Waals surface area contributed by atoms with E-state index in [1.165, 1.54) is 6.20 Å². The van der Waals surface area contributed by atoms with Crippen LogP contribution in [0.2, 0.25) is 0 Å². The molecular formula is C25H22N4O. The molecule has 2 aromatic carbocycles. The van der Waals surface area contributed by atoms with Gasteiger partial charge in [-0.1, -0.05) is 55.1 Å². The van der Waals surface area contributed by atoms with Crippen molar-refractivity contribution >= 4 is 24.1 Å². The number of hydrogen-bond donors (Lipinski definition) is 1. The van der Waals surface area contributed by atoms with Crippen LogP contribution in [0, 0.1) is 0 Å². The minimum atomic E-state index is 0.0497. The first-order valence-corrected chi connectivity index (χ1v) is 9.66. The molecule has 0 atom stereocenters. The Bertz CT molecular complexity index is 1360. The van der Waals surface area contributed by atoms with Crippen molar-refractivity contribution in [2.75, 3.05) is 0 Å². The number of fused-ring (bicyclic) bond motifs is 1. The Morgan fingerprint density at radius 2 is 1.93 bits per heavy atom.